The van der Waals surface area contributed by atoms with Gasteiger partial charge in [-0.25, -0.2) is 0 Å². The maximum atomic E-state index is 12.1. The van der Waals surface area contributed by atoms with E-state index in [1.165, 1.54) is 6.26 Å². The summed E-state index contributed by atoms with van der Waals surface area (Å²) >= 11 is 1.59. The molecule has 2 amide bonds. The molecule has 3 rings (SSSR count). The third-order valence-electron chi connectivity index (χ3n) is 3.54. The molecule has 0 atom stereocenters. The van der Waals surface area contributed by atoms with Crippen LogP contribution in [0.5, 0.6) is 0 Å². The lowest BCUT2D eigenvalue weighted by Crippen LogP contribution is -2.50. The Labute approximate surface area is 132 Å². The Balaban J connectivity index is 1.53. The van der Waals surface area contributed by atoms with Crippen molar-refractivity contribution >= 4 is 29.2 Å². The summed E-state index contributed by atoms with van der Waals surface area (Å²) in [5.74, 6) is 0.210. The normalized spacial score (nSPS) is 15.5. The Kier molecular flexibility index (Phi) is 4.39. The molecule has 1 fully saturated rings. The molecule has 2 aromatic heterocycles. The van der Waals surface area contributed by atoms with Crippen molar-refractivity contribution in [1.29, 1.82) is 0 Å². The quantitative estimate of drug-likeness (QED) is 0.817. The summed E-state index contributed by atoms with van der Waals surface area (Å²) < 4.78 is 5.12. The molecule has 0 N–H and O–H groups in total. The molecule has 0 saturated carbocycles. The largest absolute Gasteiger partial charge is 0.459 e. The SMILES string of the molecule is O=C(/C=C/c1cccs1)N1CCN(C(=O)c2ccco2)CC1. The number of amides is 2. The van der Waals surface area contributed by atoms with E-state index >= 15 is 0 Å². The lowest BCUT2D eigenvalue weighted by atomic mass is 10.2. The summed E-state index contributed by atoms with van der Waals surface area (Å²) in [6.45, 7) is 2.14. The van der Waals surface area contributed by atoms with Crippen LogP contribution in [-0.2, 0) is 4.79 Å². The van der Waals surface area contributed by atoms with Crippen LogP contribution in [-0.4, -0.2) is 47.8 Å². The van der Waals surface area contributed by atoms with Crippen molar-refractivity contribution in [2.24, 2.45) is 0 Å². The van der Waals surface area contributed by atoms with E-state index in [2.05, 4.69) is 0 Å². The van der Waals surface area contributed by atoms with Gasteiger partial charge >= 0.3 is 0 Å². The molecule has 5 nitrogen and oxygen atoms in total. The van der Waals surface area contributed by atoms with E-state index in [4.69, 9.17) is 4.42 Å². The Morgan fingerprint density at radius 3 is 2.50 bits per heavy atom. The molecule has 114 valence electrons. The maximum absolute atomic E-state index is 12.1. The summed E-state index contributed by atoms with van der Waals surface area (Å²) in [6, 6.07) is 7.27. The molecule has 0 aromatic carbocycles. The smallest absolute Gasteiger partial charge is 0.289 e. The van der Waals surface area contributed by atoms with Crippen LogP contribution in [0.4, 0.5) is 0 Å². The molecular weight excluding hydrogens is 300 g/mol. The Morgan fingerprint density at radius 1 is 1.09 bits per heavy atom. The number of nitrogens with zero attached hydrogens (tertiary/aromatic N) is 2. The van der Waals surface area contributed by atoms with Crippen LogP contribution < -0.4 is 0 Å². The van der Waals surface area contributed by atoms with E-state index < -0.39 is 0 Å². The predicted molar refractivity (Wildman–Crippen MR) is 84.5 cm³/mol. The Bertz CT molecular complexity index is 654. The van der Waals surface area contributed by atoms with Gasteiger partial charge in [0.2, 0.25) is 5.91 Å². The van der Waals surface area contributed by atoms with E-state index in [1.807, 2.05) is 23.6 Å². The van der Waals surface area contributed by atoms with Gasteiger partial charge in [0, 0.05) is 37.1 Å². The first kappa shape index (κ1) is 14.6. The molecule has 0 aliphatic carbocycles. The predicted octanol–water partition coefficient (Wildman–Crippen LogP) is 2.34. The van der Waals surface area contributed by atoms with Gasteiger partial charge < -0.3 is 14.2 Å². The number of carbonyl (C=O) groups is 2. The van der Waals surface area contributed by atoms with Crippen LogP contribution in [0.2, 0.25) is 0 Å². The molecule has 0 spiro atoms. The van der Waals surface area contributed by atoms with Crippen LogP contribution in [0.15, 0.2) is 46.4 Å². The molecule has 6 heteroatoms. The van der Waals surface area contributed by atoms with Crippen LogP contribution in [0.25, 0.3) is 6.08 Å². The van der Waals surface area contributed by atoms with Gasteiger partial charge in [0.15, 0.2) is 5.76 Å². The van der Waals surface area contributed by atoms with Crippen molar-refractivity contribution in [2.45, 2.75) is 0 Å². The number of piperazine rings is 1. The fourth-order valence-corrected chi connectivity index (χ4v) is 2.95. The van der Waals surface area contributed by atoms with E-state index in [-0.39, 0.29) is 11.8 Å². The summed E-state index contributed by atoms with van der Waals surface area (Å²) in [5.41, 5.74) is 0. The van der Waals surface area contributed by atoms with Gasteiger partial charge in [-0.3, -0.25) is 9.59 Å². The zero-order chi connectivity index (χ0) is 15.4. The van der Waals surface area contributed by atoms with Crippen molar-refractivity contribution in [2.75, 3.05) is 26.2 Å². The minimum absolute atomic E-state index is 0.0153. The third kappa shape index (κ3) is 3.28. The van der Waals surface area contributed by atoms with Crippen molar-refractivity contribution in [3.8, 4) is 0 Å². The number of rotatable bonds is 3. The number of thiophene rings is 1. The highest BCUT2D eigenvalue weighted by molar-refractivity contribution is 7.10. The second kappa shape index (κ2) is 6.62. The Hall–Kier alpha value is -2.34. The van der Waals surface area contributed by atoms with E-state index in [0.717, 1.165) is 4.88 Å². The summed E-state index contributed by atoms with van der Waals surface area (Å²) in [4.78, 5) is 28.8. The molecular formula is C16H16N2O3S. The summed E-state index contributed by atoms with van der Waals surface area (Å²) in [5, 5.41) is 1.98. The first-order valence-electron chi connectivity index (χ1n) is 7.07. The maximum Gasteiger partial charge on any atom is 0.289 e. The molecule has 0 unspecified atom stereocenters. The van der Waals surface area contributed by atoms with Gasteiger partial charge in [-0.2, -0.15) is 0 Å². The van der Waals surface area contributed by atoms with Crippen molar-refractivity contribution in [1.82, 2.24) is 9.80 Å². The Morgan fingerprint density at radius 2 is 1.86 bits per heavy atom. The fraction of sp³-hybridized carbons (Fsp3) is 0.250. The standard InChI is InChI=1S/C16H16N2O3S/c19-15(6-5-13-3-2-12-22-13)17-7-9-18(10-8-17)16(20)14-4-1-11-21-14/h1-6,11-12H,7-10H2/b6-5+. The first-order chi connectivity index (χ1) is 10.7. The van der Waals surface area contributed by atoms with E-state index in [1.54, 1.807) is 39.3 Å². The second-order valence-electron chi connectivity index (χ2n) is 4.94. The molecule has 1 aliphatic rings. The fourth-order valence-electron chi connectivity index (χ4n) is 2.33. The van der Waals surface area contributed by atoms with Crippen LogP contribution in [0.3, 0.4) is 0 Å². The van der Waals surface area contributed by atoms with Gasteiger partial charge in [0.05, 0.1) is 6.26 Å². The summed E-state index contributed by atoms with van der Waals surface area (Å²) in [6.07, 6.45) is 4.91. The minimum atomic E-state index is -0.119. The molecule has 0 bridgehead atoms. The zero-order valence-corrected chi connectivity index (χ0v) is 12.8. The van der Waals surface area contributed by atoms with Gasteiger partial charge in [0.25, 0.3) is 5.91 Å². The molecule has 1 aliphatic heterocycles. The zero-order valence-electron chi connectivity index (χ0n) is 12.0. The van der Waals surface area contributed by atoms with Gasteiger partial charge in [-0.15, -0.1) is 11.3 Å². The molecule has 1 saturated heterocycles. The topological polar surface area (TPSA) is 53.8 Å². The van der Waals surface area contributed by atoms with Crippen molar-refractivity contribution < 1.29 is 14.0 Å². The number of furan rings is 1. The highest BCUT2D eigenvalue weighted by atomic mass is 32.1. The first-order valence-corrected chi connectivity index (χ1v) is 7.95. The van der Waals surface area contributed by atoms with Crippen LogP contribution in [0, 0.1) is 0 Å². The van der Waals surface area contributed by atoms with Gasteiger partial charge in [0.1, 0.15) is 0 Å². The number of carbonyl (C=O) groups excluding carboxylic acids is 2. The molecule has 22 heavy (non-hydrogen) atoms. The molecule has 3 heterocycles. The summed E-state index contributed by atoms with van der Waals surface area (Å²) in [7, 11) is 0. The van der Waals surface area contributed by atoms with Gasteiger partial charge in [-0.1, -0.05) is 6.07 Å². The van der Waals surface area contributed by atoms with Crippen LogP contribution >= 0.6 is 11.3 Å². The second-order valence-corrected chi connectivity index (χ2v) is 5.92. The average molecular weight is 316 g/mol. The number of hydrogen-bond donors (Lipinski definition) is 0. The number of hydrogen-bond acceptors (Lipinski definition) is 4. The van der Waals surface area contributed by atoms with Crippen molar-refractivity contribution in [3.05, 3.63) is 52.6 Å². The van der Waals surface area contributed by atoms with Crippen LogP contribution in [0.1, 0.15) is 15.4 Å². The van der Waals surface area contributed by atoms with E-state index in [0.29, 0.717) is 31.9 Å². The molecule has 0 radical (unpaired) electrons. The highest BCUT2D eigenvalue weighted by Crippen LogP contribution is 2.12. The highest BCUT2D eigenvalue weighted by Gasteiger charge is 2.25. The average Bonchev–Trinajstić information content (AvgIpc) is 3.25. The molecule has 2 aromatic rings. The lowest BCUT2D eigenvalue weighted by molar-refractivity contribution is -0.127. The van der Waals surface area contributed by atoms with Crippen molar-refractivity contribution in [3.63, 3.8) is 0 Å². The third-order valence-corrected chi connectivity index (χ3v) is 4.38. The minimum Gasteiger partial charge on any atom is -0.459 e. The lowest BCUT2D eigenvalue weighted by Gasteiger charge is -2.33. The van der Waals surface area contributed by atoms with E-state index in [9.17, 15) is 9.59 Å². The monoisotopic (exact) mass is 316 g/mol. The van der Waals surface area contributed by atoms with Gasteiger partial charge in [-0.05, 0) is 29.7 Å².